The van der Waals surface area contributed by atoms with Crippen LogP contribution in [-0.4, -0.2) is 32.1 Å². The molecule has 0 atom stereocenters. The van der Waals surface area contributed by atoms with Crippen molar-refractivity contribution in [3.63, 3.8) is 0 Å². The van der Waals surface area contributed by atoms with Crippen molar-refractivity contribution in [1.82, 2.24) is 15.0 Å². The highest BCUT2D eigenvalue weighted by Crippen LogP contribution is 2.17. The molecule has 0 bridgehead atoms. The minimum atomic E-state index is -0.134. The lowest BCUT2D eigenvalue weighted by molar-refractivity contribution is 0.250. The lowest BCUT2D eigenvalue weighted by Crippen LogP contribution is -2.05. The molecule has 0 amide bonds. The van der Waals surface area contributed by atoms with Crippen LogP contribution in [0.5, 0.6) is 18.0 Å². The highest BCUT2D eigenvalue weighted by Gasteiger charge is 2.12. The molecule has 4 rings (SSSR count). The second kappa shape index (κ2) is 12.0. The number of rotatable bonds is 9. The first-order valence-electron chi connectivity index (χ1n) is 11.2. The molecular weight excluding hydrogens is 456 g/mol. The molecule has 0 saturated heterocycles. The zero-order valence-electron chi connectivity index (χ0n) is 20.1. The Labute approximate surface area is 208 Å². The Bertz CT molecular complexity index is 1190. The van der Waals surface area contributed by atoms with Gasteiger partial charge in [-0.25, -0.2) is 0 Å². The predicted octanol–water partition coefficient (Wildman–Crippen LogP) is 5.28. The van der Waals surface area contributed by atoms with E-state index in [9.17, 15) is 0 Å². The smallest absolute Gasteiger partial charge is 0.314 e. The Morgan fingerprint density at radius 3 is 0.944 bits per heavy atom. The standard InChI is InChI=1S/C27H24N6O3/c1-19(22-13-7-4-8-14-22)31-34-25-28-26(35-32-20(2)23-15-9-5-10-16-23)30-27(29-25)36-33-21(3)24-17-11-6-12-18-24/h4-18H,1-3H3. The maximum Gasteiger partial charge on any atom is 0.355 e. The largest absolute Gasteiger partial charge is 0.355 e. The zero-order valence-corrected chi connectivity index (χ0v) is 20.1. The van der Waals surface area contributed by atoms with Gasteiger partial charge >= 0.3 is 18.0 Å². The van der Waals surface area contributed by atoms with Gasteiger partial charge in [0.2, 0.25) is 0 Å². The molecular formula is C27H24N6O3. The minimum absolute atomic E-state index is 0.134. The van der Waals surface area contributed by atoms with Gasteiger partial charge in [0.05, 0.1) is 17.1 Å². The number of oxime groups is 3. The summed E-state index contributed by atoms with van der Waals surface area (Å²) in [6, 6.07) is 28.3. The summed E-state index contributed by atoms with van der Waals surface area (Å²) in [4.78, 5) is 28.8. The van der Waals surface area contributed by atoms with E-state index < -0.39 is 0 Å². The SMILES string of the molecule is CC(=NOc1nc(ON=C(C)c2ccccc2)nc(ON=C(C)c2ccccc2)n1)c1ccccc1. The third-order valence-electron chi connectivity index (χ3n) is 4.94. The second-order valence-corrected chi connectivity index (χ2v) is 7.59. The molecule has 9 heteroatoms. The van der Waals surface area contributed by atoms with Gasteiger partial charge in [-0.2, -0.15) is 0 Å². The predicted molar refractivity (Wildman–Crippen MR) is 138 cm³/mol. The average molecular weight is 481 g/mol. The quantitative estimate of drug-likeness (QED) is 0.238. The molecule has 0 aliphatic heterocycles. The van der Waals surface area contributed by atoms with Crippen LogP contribution < -0.4 is 14.5 Å². The summed E-state index contributed by atoms with van der Waals surface area (Å²) in [5.74, 6) is 0. The van der Waals surface area contributed by atoms with Crippen LogP contribution in [0.3, 0.4) is 0 Å². The summed E-state index contributed by atoms with van der Waals surface area (Å²) in [5, 5.41) is 12.3. The van der Waals surface area contributed by atoms with E-state index in [0.717, 1.165) is 16.7 Å². The molecule has 1 heterocycles. The Morgan fingerprint density at radius 1 is 0.444 bits per heavy atom. The lowest BCUT2D eigenvalue weighted by atomic mass is 10.1. The molecule has 9 nitrogen and oxygen atoms in total. The van der Waals surface area contributed by atoms with E-state index in [2.05, 4.69) is 30.4 Å². The van der Waals surface area contributed by atoms with Gasteiger partial charge in [-0.15, -0.1) is 15.0 Å². The van der Waals surface area contributed by atoms with E-state index in [-0.39, 0.29) is 18.0 Å². The second-order valence-electron chi connectivity index (χ2n) is 7.59. The maximum atomic E-state index is 5.46. The monoisotopic (exact) mass is 480 g/mol. The summed E-state index contributed by atoms with van der Waals surface area (Å²) in [6.45, 7) is 5.44. The van der Waals surface area contributed by atoms with Crippen LogP contribution in [0.1, 0.15) is 37.5 Å². The Kier molecular flexibility index (Phi) is 8.06. The van der Waals surface area contributed by atoms with Crippen LogP contribution in [0.25, 0.3) is 0 Å². The van der Waals surface area contributed by atoms with Crippen molar-refractivity contribution in [2.24, 2.45) is 15.5 Å². The van der Waals surface area contributed by atoms with Crippen LogP contribution in [-0.2, 0) is 0 Å². The van der Waals surface area contributed by atoms with Crippen molar-refractivity contribution in [3.05, 3.63) is 108 Å². The van der Waals surface area contributed by atoms with Crippen molar-refractivity contribution < 1.29 is 14.5 Å². The van der Waals surface area contributed by atoms with Crippen LogP contribution in [0.15, 0.2) is 106 Å². The van der Waals surface area contributed by atoms with Crippen LogP contribution in [0, 0.1) is 0 Å². The van der Waals surface area contributed by atoms with Crippen molar-refractivity contribution >= 4 is 17.1 Å². The first kappa shape index (κ1) is 24.2. The number of hydrogen-bond donors (Lipinski definition) is 0. The van der Waals surface area contributed by atoms with Crippen LogP contribution >= 0.6 is 0 Å². The normalized spacial score (nSPS) is 12.2. The molecule has 0 aliphatic rings. The molecule has 0 radical (unpaired) electrons. The summed E-state index contributed by atoms with van der Waals surface area (Å²) < 4.78 is 0. The Balaban J connectivity index is 1.58. The van der Waals surface area contributed by atoms with E-state index in [1.54, 1.807) is 0 Å². The van der Waals surface area contributed by atoms with E-state index in [1.807, 2.05) is 112 Å². The van der Waals surface area contributed by atoms with E-state index in [0.29, 0.717) is 17.1 Å². The first-order valence-corrected chi connectivity index (χ1v) is 11.2. The number of aromatic nitrogens is 3. The first-order chi connectivity index (χ1) is 17.6. The van der Waals surface area contributed by atoms with Gasteiger partial charge in [-0.05, 0) is 37.5 Å². The number of nitrogens with zero attached hydrogens (tertiary/aromatic N) is 6. The fourth-order valence-corrected chi connectivity index (χ4v) is 2.97. The molecule has 36 heavy (non-hydrogen) atoms. The van der Waals surface area contributed by atoms with Gasteiger partial charge in [0.1, 0.15) is 0 Å². The van der Waals surface area contributed by atoms with E-state index in [1.165, 1.54) is 0 Å². The molecule has 4 aromatic rings. The summed E-state index contributed by atoms with van der Waals surface area (Å²) in [7, 11) is 0. The third kappa shape index (κ3) is 6.80. The third-order valence-corrected chi connectivity index (χ3v) is 4.94. The molecule has 180 valence electrons. The van der Waals surface area contributed by atoms with Crippen molar-refractivity contribution in [3.8, 4) is 18.0 Å². The van der Waals surface area contributed by atoms with Crippen molar-refractivity contribution in [1.29, 1.82) is 0 Å². The summed E-state index contributed by atoms with van der Waals surface area (Å²) in [6.07, 6.45) is 0. The van der Waals surface area contributed by atoms with E-state index in [4.69, 9.17) is 14.5 Å². The topological polar surface area (TPSA) is 103 Å². The molecule has 0 unspecified atom stereocenters. The molecule has 1 aromatic heterocycles. The fourth-order valence-electron chi connectivity index (χ4n) is 2.97. The molecule has 0 N–H and O–H groups in total. The Hall–Kier alpha value is -4.92. The highest BCUT2D eigenvalue weighted by molar-refractivity contribution is 5.99. The molecule has 0 saturated carbocycles. The van der Waals surface area contributed by atoms with Gasteiger partial charge in [-0.1, -0.05) is 106 Å². The average Bonchev–Trinajstić information content (AvgIpc) is 2.94. The number of hydrogen-bond acceptors (Lipinski definition) is 9. The van der Waals surface area contributed by atoms with Gasteiger partial charge < -0.3 is 14.5 Å². The molecule has 0 aliphatic carbocycles. The van der Waals surface area contributed by atoms with Gasteiger partial charge in [0.25, 0.3) is 0 Å². The lowest BCUT2D eigenvalue weighted by Gasteiger charge is -2.05. The molecule has 3 aromatic carbocycles. The molecule has 0 fully saturated rings. The van der Waals surface area contributed by atoms with Crippen molar-refractivity contribution in [2.75, 3.05) is 0 Å². The maximum absolute atomic E-state index is 5.46. The molecule has 0 spiro atoms. The summed E-state index contributed by atoms with van der Waals surface area (Å²) >= 11 is 0. The minimum Gasteiger partial charge on any atom is -0.314 e. The highest BCUT2D eigenvalue weighted by atomic mass is 16.7. The van der Waals surface area contributed by atoms with Crippen LogP contribution in [0.4, 0.5) is 0 Å². The van der Waals surface area contributed by atoms with Gasteiger partial charge in [-0.3, -0.25) is 0 Å². The summed E-state index contributed by atoms with van der Waals surface area (Å²) in [5.41, 5.74) is 4.59. The van der Waals surface area contributed by atoms with Gasteiger partial charge in [0, 0.05) is 0 Å². The fraction of sp³-hybridized carbons (Fsp3) is 0.111. The zero-order chi connectivity index (χ0) is 25.2. The van der Waals surface area contributed by atoms with Gasteiger partial charge in [0.15, 0.2) is 0 Å². The Morgan fingerprint density at radius 2 is 0.694 bits per heavy atom. The van der Waals surface area contributed by atoms with E-state index >= 15 is 0 Å². The van der Waals surface area contributed by atoms with Crippen molar-refractivity contribution in [2.45, 2.75) is 20.8 Å². The van der Waals surface area contributed by atoms with Crippen LogP contribution in [0.2, 0.25) is 0 Å². The number of benzene rings is 3.